The summed E-state index contributed by atoms with van der Waals surface area (Å²) < 4.78 is 23.9. The van der Waals surface area contributed by atoms with E-state index in [-0.39, 0.29) is 5.75 Å². The van der Waals surface area contributed by atoms with Gasteiger partial charge in [0, 0.05) is 0 Å². The molecule has 0 saturated carbocycles. The van der Waals surface area contributed by atoms with Gasteiger partial charge >= 0.3 is 5.63 Å². The van der Waals surface area contributed by atoms with Crippen molar-refractivity contribution in [3.8, 4) is 17.2 Å². The Bertz CT molecular complexity index is 1280. The molecule has 1 aromatic heterocycles. The standard InChI is InChI=1S/C35H48O5/c1-8-9-10-11-23-38-34-33(39-25-22-29(7)18-13-16-27(4)5)30-19-14-20-31(32(30)40-35(34)36)37-24-21-28(6)17-12-15-26(2)3/h9-10,14-16,19-22H,8,11-13,17-18,23-25H2,1-7H3/b10-9?,28-21+,29-22+. The summed E-state index contributed by atoms with van der Waals surface area (Å²) >= 11 is 0. The van der Waals surface area contributed by atoms with Crippen LogP contribution in [0.5, 0.6) is 17.2 Å². The molecule has 0 aliphatic carbocycles. The third-order valence-electron chi connectivity index (χ3n) is 6.26. The quantitative estimate of drug-likeness (QED) is 0.112. The Kier molecular flexibility index (Phi) is 14.7. The van der Waals surface area contributed by atoms with Crippen molar-refractivity contribution in [3.63, 3.8) is 0 Å². The maximum atomic E-state index is 13.1. The van der Waals surface area contributed by atoms with E-state index in [2.05, 4.69) is 78.8 Å². The highest BCUT2D eigenvalue weighted by Gasteiger charge is 2.20. The molecule has 0 radical (unpaired) electrons. The van der Waals surface area contributed by atoms with Crippen molar-refractivity contribution in [3.05, 3.63) is 87.4 Å². The minimum absolute atomic E-state index is 0.0974. The number of allylic oxidation sites excluding steroid dienone is 7. The number of benzene rings is 1. The van der Waals surface area contributed by atoms with Crippen LogP contribution >= 0.6 is 0 Å². The van der Waals surface area contributed by atoms with Gasteiger partial charge in [0.05, 0.1) is 12.0 Å². The molecular formula is C35H48O5. The second-order valence-corrected chi connectivity index (χ2v) is 10.6. The summed E-state index contributed by atoms with van der Waals surface area (Å²) in [5.41, 5.74) is 4.91. The molecule has 40 heavy (non-hydrogen) atoms. The zero-order valence-electron chi connectivity index (χ0n) is 25.6. The van der Waals surface area contributed by atoms with Gasteiger partial charge in [0.1, 0.15) is 13.2 Å². The highest BCUT2D eigenvalue weighted by molar-refractivity contribution is 5.89. The smallest absolute Gasteiger partial charge is 0.383 e. The van der Waals surface area contributed by atoms with E-state index in [1.807, 2.05) is 24.3 Å². The summed E-state index contributed by atoms with van der Waals surface area (Å²) in [5, 5.41) is 0.649. The molecule has 2 rings (SSSR count). The lowest BCUT2D eigenvalue weighted by Crippen LogP contribution is -2.11. The number of para-hydroxylation sites is 1. The molecule has 0 aliphatic rings. The largest absolute Gasteiger partial charge is 0.486 e. The van der Waals surface area contributed by atoms with Crippen molar-refractivity contribution in [2.75, 3.05) is 19.8 Å². The van der Waals surface area contributed by atoms with Gasteiger partial charge in [-0.25, -0.2) is 4.79 Å². The number of ether oxygens (including phenoxy) is 3. The SMILES string of the molecule is CCC=CCCOc1c(OC/C=C(\C)CCC=C(C)C)c2cccc(OC/C=C(\C)CCC=C(C)C)c2oc1=O. The van der Waals surface area contributed by atoms with Crippen LogP contribution < -0.4 is 19.8 Å². The second-order valence-electron chi connectivity index (χ2n) is 10.6. The lowest BCUT2D eigenvalue weighted by Gasteiger charge is -2.14. The van der Waals surface area contributed by atoms with Crippen LogP contribution in [0.1, 0.15) is 87.0 Å². The van der Waals surface area contributed by atoms with Gasteiger partial charge in [-0.2, -0.15) is 0 Å². The van der Waals surface area contributed by atoms with Crippen molar-refractivity contribution in [1.29, 1.82) is 0 Å². The molecular weight excluding hydrogens is 500 g/mol. The van der Waals surface area contributed by atoms with Crippen molar-refractivity contribution < 1.29 is 18.6 Å². The van der Waals surface area contributed by atoms with Gasteiger partial charge in [-0.05, 0) is 104 Å². The average Bonchev–Trinajstić information content (AvgIpc) is 2.89. The molecule has 0 bridgehead atoms. The number of fused-ring (bicyclic) bond motifs is 1. The predicted molar refractivity (Wildman–Crippen MR) is 168 cm³/mol. The first-order valence-electron chi connectivity index (χ1n) is 14.4. The first kappa shape index (κ1) is 32.7. The molecule has 5 nitrogen and oxygen atoms in total. The average molecular weight is 549 g/mol. The lowest BCUT2D eigenvalue weighted by molar-refractivity contribution is 0.274. The van der Waals surface area contributed by atoms with E-state index < -0.39 is 5.63 Å². The Morgan fingerprint density at radius 1 is 0.750 bits per heavy atom. The fourth-order valence-electron chi connectivity index (χ4n) is 3.97. The zero-order valence-corrected chi connectivity index (χ0v) is 25.6. The van der Waals surface area contributed by atoms with E-state index >= 15 is 0 Å². The van der Waals surface area contributed by atoms with Crippen LogP contribution in [0.15, 0.2) is 86.2 Å². The third kappa shape index (κ3) is 11.7. The minimum Gasteiger partial charge on any atom is -0.486 e. The van der Waals surface area contributed by atoms with Crippen molar-refractivity contribution in [1.82, 2.24) is 0 Å². The highest BCUT2D eigenvalue weighted by atomic mass is 16.5. The summed E-state index contributed by atoms with van der Waals surface area (Å²) in [6.07, 6.45) is 18.3. The second kappa shape index (κ2) is 18.0. The van der Waals surface area contributed by atoms with E-state index in [9.17, 15) is 4.79 Å². The molecule has 0 N–H and O–H groups in total. The summed E-state index contributed by atoms with van der Waals surface area (Å²) in [6, 6.07) is 5.56. The summed E-state index contributed by atoms with van der Waals surface area (Å²) in [5.74, 6) is 0.983. The van der Waals surface area contributed by atoms with E-state index in [0.717, 1.165) is 32.1 Å². The first-order valence-corrected chi connectivity index (χ1v) is 14.4. The molecule has 1 heterocycles. The Labute approximate surface area is 240 Å². The van der Waals surface area contributed by atoms with Crippen molar-refractivity contribution in [2.45, 2.75) is 87.0 Å². The van der Waals surface area contributed by atoms with Crippen LogP contribution in [-0.2, 0) is 0 Å². The fourth-order valence-corrected chi connectivity index (χ4v) is 3.97. The molecule has 218 valence electrons. The highest BCUT2D eigenvalue weighted by Crippen LogP contribution is 2.37. The van der Waals surface area contributed by atoms with Crippen LogP contribution in [0.2, 0.25) is 0 Å². The Hall–Kier alpha value is -3.47. The maximum Gasteiger partial charge on any atom is 0.383 e. The third-order valence-corrected chi connectivity index (χ3v) is 6.26. The summed E-state index contributed by atoms with van der Waals surface area (Å²) in [6.45, 7) is 15.8. The predicted octanol–water partition coefficient (Wildman–Crippen LogP) is 9.67. The fraction of sp³-hybridized carbons (Fsp3) is 0.457. The Morgan fingerprint density at radius 2 is 1.38 bits per heavy atom. The van der Waals surface area contributed by atoms with Gasteiger partial charge < -0.3 is 18.6 Å². The molecule has 0 atom stereocenters. The van der Waals surface area contributed by atoms with Crippen LogP contribution in [0.4, 0.5) is 0 Å². The first-order chi connectivity index (χ1) is 19.2. The zero-order chi connectivity index (χ0) is 29.3. The van der Waals surface area contributed by atoms with Gasteiger partial charge in [-0.3, -0.25) is 0 Å². The van der Waals surface area contributed by atoms with E-state index in [4.69, 9.17) is 18.6 Å². The van der Waals surface area contributed by atoms with Crippen LogP contribution in [0.25, 0.3) is 11.0 Å². The molecule has 0 spiro atoms. The molecule has 5 heteroatoms. The topological polar surface area (TPSA) is 57.9 Å². The van der Waals surface area contributed by atoms with E-state index in [1.165, 1.54) is 22.3 Å². The maximum absolute atomic E-state index is 13.1. The minimum atomic E-state index is -0.573. The van der Waals surface area contributed by atoms with Gasteiger partial charge in [-0.1, -0.05) is 59.6 Å². The normalized spacial score (nSPS) is 12.1. The molecule has 0 fully saturated rings. The van der Waals surface area contributed by atoms with Crippen molar-refractivity contribution >= 4 is 11.0 Å². The molecule has 0 unspecified atom stereocenters. The van der Waals surface area contributed by atoms with E-state index in [1.54, 1.807) is 0 Å². The van der Waals surface area contributed by atoms with Gasteiger partial charge in [-0.15, -0.1) is 0 Å². The number of hydrogen-bond donors (Lipinski definition) is 0. The van der Waals surface area contributed by atoms with Gasteiger partial charge in [0.25, 0.3) is 0 Å². The molecule has 0 amide bonds. The Balaban J connectivity index is 2.30. The monoisotopic (exact) mass is 548 g/mol. The van der Waals surface area contributed by atoms with Gasteiger partial charge in [0.15, 0.2) is 17.1 Å². The summed E-state index contributed by atoms with van der Waals surface area (Å²) in [4.78, 5) is 13.1. The molecule has 2 aromatic rings. The molecule has 0 saturated heterocycles. The van der Waals surface area contributed by atoms with Crippen molar-refractivity contribution in [2.24, 2.45) is 0 Å². The van der Waals surface area contributed by atoms with Crippen LogP contribution in [0.3, 0.4) is 0 Å². The summed E-state index contributed by atoms with van der Waals surface area (Å²) in [7, 11) is 0. The lowest BCUT2D eigenvalue weighted by atomic mass is 10.1. The molecule has 1 aromatic carbocycles. The number of hydrogen-bond acceptors (Lipinski definition) is 5. The van der Waals surface area contributed by atoms with Crippen LogP contribution in [-0.4, -0.2) is 19.8 Å². The Morgan fingerprint density at radius 3 is 1.98 bits per heavy atom. The van der Waals surface area contributed by atoms with Gasteiger partial charge in [0.2, 0.25) is 5.75 Å². The number of rotatable bonds is 17. The van der Waals surface area contributed by atoms with Crippen LogP contribution in [0, 0.1) is 0 Å². The molecule has 0 aliphatic heterocycles. The van der Waals surface area contributed by atoms with E-state index in [0.29, 0.717) is 48.7 Å².